The second-order valence-corrected chi connectivity index (χ2v) is 4.37. The predicted octanol–water partition coefficient (Wildman–Crippen LogP) is 2.19. The fourth-order valence-corrected chi connectivity index (χ4v) is 2.28. The van der Waals surface area contributed by atoms with Crippen LogP contribution < -0.4 is 0 Å². The topological polar surface area (TPSA) is 57.5 Å². The van der Waals surface area contributed by atoms with Gasteiger partial charge in [-0.2, -0.15) is 13.2 Å². The first-order valence-corrected chi connectivity index (χ1v) is 5.23. The smallest absolute Gasteiger partial charge is 0.391 e. The third kappa shape index (κ3) is 2.66. The summed E-state index contributed by atoms with van der Waals surface area (Å²) < 4.78 is 37.1. The van der Waals surface area contributed by atoms with Crippen LogP contribution in [-0.2, 0) is 4.79 Å². The van der Waals surface area contributed by atoms with Gasteiger partial charge in [-0.1, -0.05) is 0 Å². The van der Waals surface area contributed by atoms with Crippen molar-refractivity contribution < 1.29 is 28.2 Å². The Morgan fingerprint density at radius 2 is 1.81 bits per heavy atom. The van der Waals surface area contributed by atoms with E-state index in [1.165, 1.54) is 0 Å². The van der Waals surface area contributed by atoms with E-state index in [0.717, 1.165) is 0 Å². The Balaban J connectivity index is 2.67. The van der Waals surface area contributed by atoms with Crippen LogP contribution in [0, 0.1) is 11.3 Å². The number of halogens is 3. The van der Waals surface area contributed by atoms with Gasteiger partial charge < -0.3 is 10.2 Å². The van der Waals surface area contributed by atoms with E-state index in [-0.39, 0.29) is 38.7 Å². The molecule has 0 atom stereocenters. The van der Waals surface area contributed by atoms with Crippen molar-refractivity contribution in [3.8, 4) is 0 Å². The summed E-state index contributed by atoms with van der Waals surface area (Å²) in [5.74, 6) is -2.49. The summed E-state index contributed by atoms with van der Waals surface area (Å²) in [4.78, 5) is 11.0. The van der Waals surface area contributed by atoms with E-state index >= 15 is 0 Å². The molecule has 0 saturated heterocycles. The van der Waals surface area contributed by atoms with Crippen molar-refractivity contribution in [1.29, 1.82) is 0 Å². The van der Waals surface area contributed by atoms with Crippen LogP contribution in [0.4, 0.5) is 13.2 Å². The van der Waals surface area contributed by atoms with Gasteiger partial charge in [-0.05, 0) is 32.1 Å². The molecule has 1 rings (SSSR count). The molecule has 1 fully saturated rings. The lowest BCUT2D eigenvalue weighted by Gasteiger charge is -2.37. The van der Waals surface area contributed by atoms with Crippen molar-refractivity contribution in [1.82, 2.24) is 0 Å². The minimum absolute atomic E-state index is 0.00688. The first kappa shape index (κ1) is 13.3. The summed E-state index contributed by atoms with van der Waals surface area (Å²) in [5.41, 5.74) is -1.16. The van der Waals surface area contributed by atoms with Crippen molar-refractivity contribution in [3.05, 3.63) is 0 Å². The number of carbonyl (C=O) groups is 1. The standard InChI is InChI=1S/C10H15F3O3/c11-10(12,13)7-1-3-9(4-2-7,5-6-14)8(15)16/h7,14H,1-6H2,(H,15,16). The van der Waals surface area contributed by atoms with Crippen LogP contribution in [0.5, 0.6) is 0 Å². The summed E-state index contributed by atoms with van der Waals surface area (Å²) in [6.45, 7) is -0.303. The Morgan fingerprint density at radius 3 is 2.12 bits per heavy atom. The van der Waals surface area contributed by atoms with Gasteiger partial charge in [0.25, 0.3) is 0 Å². The zero-order chi connectivity index (χ0) is 12.4. The van der Waals surface area contributed by atoms with Crippen molar-refractivity contribution in [3.63, 3.8) is 0 Å². The number of aliphatic carboxylic acids is 1. The molecular weight excluding hydrogens is 225 g/mol. The zero-order valence-corrected chi connectivity index (χ0v) is 8.76. The largest absolute Gasteiger partial charge is 0.481 e. The highest BCUT2D eigenvalue weighted by Gasteiger charge is 2.48. The summed E-state index contributed by atoms with van der Waals surface area (Å²) in [6.07, 6.45) is -4.53. The van der Waals surface area contributed by atoms with Gasteiger partial charge in [-0.15, -0.1) is 0 Å². The number of hydrogen-bond donors (Lipinski definition) is 2. The first-order valence-electron chi connectivity index (χ1n) is 5.23. The normalized spacial score (nSPS) is 31.4. The van der Waals surface area contributed by atoms with Crippen LogP contribution >= 0.6 is 0 Å². The molecule has 94 valence electrons. The number of carboxylic acid groups (broad SMARTS) is 1. The fraction of sp³-hybridized carbons (Fsp3) is 0.900. The van der Waals surface area contributed by atoms with E-state index < -0.39 is 23.5 Å². The molecule has 0 radical (unpaired) electrons. The third-order valence-electron chi connectivity index (χ3n) is 3.45. The Kier molecular flexibility index (Phi) is 3.83. The predicted molar refractivity (Wildman–Crippen MR) is 49.8 cm³/mol. The quantitative estimate of drug-likeness (QED) is 0.795. The van der Waals surface area contributed by atoms with Crippen LogP contribution in [0.2, 0.25) is 0 Å². The second kappa shape index (κ2) is 4.61. The molecule has 16 heavy (non-hydrogen) atoms. The van der Waals surface area contributed by atoms with E-state index in [0.29, 0.717) is 0 Å². The third-order valence-corrected chi connectivity index (χ3v) is 3.45. The van der Waals surface area contributed by atoms with Gasteiger partial charge in [0.2, 0.25) is 0 Å². The first-order chi connectivity index (χ1) is 7.32. The van der Waals surface area contributed by atoms with E-state index in [1.807, 2.05) is 0 Å². The number of aliphatic hydroxyl groups is 1. The highest BCUT2D eigenvalue weighted by Crippen LogP contribution is 2.46. The molecule has 0 aromatic heterocycles. The molecule has 6 heteroatoms. The molecule has 2 N–H and O–H groups in total. The monoisotopic (exact) mass is 240 g/mol. The Morgan fingerprint density at radius 1 is 1.31 bits per heavy atom. The average molecular weight is 240 g/mol. The fourth-order valence-electron chi connectivity index (χ4n) is 2.28. The maximum Gasteiger partial charge on any atom is 0.391 e. The molecule has 0 heterocycles. The Bertz CT molecular complexity index is 255. The van der Waals surface area contributed by atoms with Gasteiger partial charge in [0.1, 0.15) is 0 Å². The van der Waals surface area contributed by atoms with Crippen molar-refractivity contribution in [2.75, 3.05) is 6.61 Å². The molecule has 0 unspecified atom stereocenters. The maximum absolute atomic E-state index is 12.4. The minimum Gasteiger partial charge on any atom is -0.481 e. The highest BCUT2D eigenvalue weighted by atomic mass is 19.4. The molecule has 0 bridgehead atoms. The molecule has 1 aliphatic carbocycles. The molecule has 0 aliphatic heterocycles. The molecule has 0 aromatic carbocycles. The highest BCUT2D eigenvalue weighted by molar-refractivity contribution is 5.74. The average Bonchev–Trinajstić information content (AvgIpc) is 2.17. The van der Waals surface area contributed by atoms with Crippen LogP contribution in [-0.4, -0.2) is 29.0 Å². The molecular formula is C10H15F3O3. The van der Waals surface area contributed by atoms with Crippen LogP contribution in [0.25, 0.3) is 0 Å². The second-order valence-electron chi connectivity index (χ2n) is 4.37. The van der Waals surface area contributed by atoms with Crippen molar-refractivity contribution >= 4 is 5.97 Å². The summed E-state index contributed by atoms with van der Waals surface area (Å²) in [6, 6.07) is 0. The van der Waals surface area contributed by atoms with Crippen molar-refractivity contribution in [2.24, 2.45) is 11.3 Å². The van der Waals surface area contributed by atoms with Crippen molar-refractivity contribution in [2.45, 2.75) is 38.3 Å². The van der Waals surface area contributed by atoms with Gasteiger partial charge in [0.05, 0.1) is 11.3 Å². The maximum atomic E-state index is 12.4. The number of alkyl halides is 3. The van der Waals surface area contributed by atoms with Gasteiger partial charge >= 0.3 is 12.1 Å². The van der Waals surface area contributed by atoms with Gasteiger partial charge in [0.15, 0.2) is 0 Å². The van der Waals surface area contributed by atoms with Crippen LogP contribution in [0.15, 0.2) is 0 Å². The van der Waals surface area contributed by atoms with Gasteiger partial charge in [0, 0.05) is 6.61 Å². The van der Waals surface area contributed by atoms with E-state index in [4.69, 9.17) is 10.2 Å². The van der Waals surface area contributed by atoms with Gasteiger partial charge in [-0.25, -0.2) is 0 Å². The zero-order valence-electron chi connectivity index (χ0n) is 8.76. The Labute approximate surface area is 91.3 Å². The van der Waals surface area contributed by atoms with E-state index in [2.05, 4.69) is 0 Å². The lowest BCUT2D eigenvalue weighted by atomic mass is 9.68. The SMILES string of the molecule is O=C(O)C1(CCO)CCC(C(F)(F)F)CC1. The molecule has 3 nitrogen and oxygen atoms in total. The van der Waals surface area contributed by atoms with Crippen LogP contribution in [0.3, 0.4) is 0 Å². The number of hydrogen-bond acceptors (Lipinski definition) is 2. The number of aliphatic hydroxyl groups excluding tert-OH is 1. The molecule has 0 amide bonds. The molecule has 0 aromatic rings. The molecule has 0 spiro atoms. The summed E-state index contributed by atoms with van der Waals surface area (Å²) in [5, 5.41) is 17.8. The molecule has 1 saturated carbocycles. The van der Waals surface area contributed by atoms with Crippen LogP contribution in [0.1, 0.15) is 32.1 Å². The minimum atomic E-state index is -4.23. The van der Waals surface area contributed by atoms with E-state index in [9.17, 15) is 18.0 Å². The lowest BCUT2D eigenvalue weighted by molar-refractivity contribution is -0.192. The number of rotatable bonds is 3. The van der Waals surface area contributed by atoms with E-state index in [1.54, 1.807) is 0 Å². The summed E-state index contributed by atoms with van der Waals surface area (Å²) >= 11 is 0. The Hall–Kier alpha value is -0.780. The lowest BCUT2D eigenvalue weighted by Crippen LogP contribution is -2.39. The summed E-state index contributed by atoms with van der Waals surface area (Å²) in [7, 11) is 0. The molecule has 1 aliphatic rings. The van der Waals surface area contributed by atoms with Gasteiger partial charge in [-0.3, -0.25) is 4.79 Å². The number of carboxylic acids is 1.